The Kier molecular flexibility index (Phi) is 3.71. The molecule has 1 aliphatic carbocycles. The first kappa shape index (κ1) is 16.6. The summed E-state index contributed by atoms with van der Waals surface area (Å²) in [4.78, 5) is 16.3. The number of hydrogen-bond acceptors (Lipinski definition) is 4. The van der Waals surface area contributed by atoms with E-state index < -0.39 is 0 Å². The number of imidazole rings is 1. The fraction of sp³-hybridized carbons (Fsp3) is 0.200. The van der Waals surface area contributed by atoms with E-state index in [4.69, 9.17) is 0 Å². The Labute approximate surface area is 159 Å². The maximum Gasteiger partial charge on any atom is 0.228 e. The normalized spacial score (nSPS) is 13.8. The third-order valence-electron chi connectivity index (χ3n) is 4.74. The Hall–Kier alpha value is -3.55. The van der Waals surface area contributed by atoms with E-state index >= 15 is 0 Å². The molecule has 0 spiro atoms. The van der Waals surface area contributed by atoms with Crippen LogP contribution in [0, 0.1) is 11.7 Å². The van der Waals surface area contributed by atoms with Crippen LogP contribution in [0.25, 0.3) is 28.2 Å². The lowest BCUT2D eigenvalue weighted by molar-refractivity contribution is -0.117. The number of nitrogens with zero attached hydrogens (tertiary/aromatic N) is 5. The van der Waals surface area contributed by atoms with Gasteiger partial charge in [-0.2, -0.15) is 10.2 Å². The Morgan fingerprint density at radius 2 is 1.89 bits per heavy atom. The van der Waals surface area contributed by atoms with Crippen LogP contribution in [0.1, 0.15) is 12.8 Å². The minimum absolute atomic E-state index is 0.00878. The first-order valence-corrected chi connectivity index (χ1v) is 9.04. The molecule has 5 rings (SSSR count). The van der Waals surface area contributed by atoms with Crippen LogP contribution in [0.15, 0.2) is 48.8 Å². The predicted octanol–water partition coefficient (Wildman–Crippen LogP) is 3.28. The first-order valence-electron chi connectivity index (χ1n) is 9.04. The Bertz CT molecular complexity index is 1190. The molecule has 1 fully saturated rings. The smallest absolute Gasteiger partial charge is 0.228 e. The quantitative estimate of drug-likeness (QED) is 0.593. The Morgan fingerprint density at radius 3 is 2.64 bits per heavy atom. The molecule has 3 heterocycles. The summed E-state index contributed by atoms with van der Waals surface area (Å²) < 4.78 is 16.6. The molecular formula is C20H17FN6O. The molecule has 0 saturated heterocycles. The van der Waals surface area contributed by atoms with Gasteiger partial charge < -0.3 is 5.32 Å². The summed E-state index contributed by atoms with van der Waals surface area (Å²) in [6.07, 6.45) is 5.45. The van der Waals surface area contributed by atoms with Crippen molar-refractivity contribution in [3.05, 3.63) is 54.6 Å². The SMILES string of the molecule is Cn1cc(-c2ccc3nc(NC(=O)C4CC4)cn3n2)c(-c2ccc(F)cc2)n1. The standard InChI is InChI=1S/C20H17FN6O/c1-26-10-15(19(25-26)12-4-6-14(21)7-5-12)16-8-9-18-22-17(11-27(18)24-16)23-20(28)13-2-3-13/h4-11,13H,2-3H2,1H3,(H,23,28). The van der Waals surface area contributed by atoms with Crippen LogP contribution in [0.4, 0.5) is 10.2 Å². The monoisotopic (exact) mass is 376 g/mol. The topological polar surface area (TPSA) is 77.1 Å². The third kappa shape index (κ3) is 3.02. The van der Waals surface area contributed by atoms with Crippen molar-refractivity contribution >= 4 is 17.4 Å². The van der Waals surface area contributed by atoms with Crippen molar-refractivity contribution in [1.82, 2.24) is 24.4 Å². The van der Waals surface area contributed by atoms with Crippen molar-refractivity contribution in [3.8, 4) is 22.5 Å². The second-order valence-corrected chi connectivity index (χ2v) is 6.98. The number of carbonyl (C=O) groups excluding carboxylic acids is 1. The van der Waals surface area contributed by atoms with Crippen LogP contribution in [-0.2, 0) is 11.8 Å². The fourth-order valence-corrected chi connectivity index (χ4v) is 3.16. The van der Waals surface area contributed by atoms with Gasteiger partial charge in [-0.3, -0.25) is 9.48 Å². The van der Waals surface area contributed by atoms with Gasteiger partial charge in [-0.05, 0) is 49.2 Å². The molecule has 1 aromatic carbocycles. The summed E-state index contributed by atoms with van der Waals surface area (Å²) >= 11 is 0. The molecule has 0 radical (unpaired) electrons. The largest absolute Gasteiger partial charge is 0.309 e. The van der Waals surface area contributed by atoms with Gasteiger partial charge >= 0.3 is 0 Å². The maximum absolute atomic E-state index is 13.3. The lowest BCUT2D eigenvalue weighted by atomic mass is 10.1. The third-order valence-corrected chi connectivity index (χ3v) is 4.74. The lowest BCUT2D eigenvalue weighted by Crippen LogP contribution is -2.13. The molecule has 0 bridgehead atoms. The van der Waals surface area contributed by atoms with E-state index in [0.717, 1.165) is 29.7 Å². The van der Waals surface area contributed by atoms with Gasteiger partial charge in [-0.15, -0.1) is 0 Å². The van der Waals surface area contributed by atoms with Gasteiger partial charge in [0.1, 0.15) is 11.5 Å². The van der Waals surface area contributed by atoms with E-state index in [1.165, 1.54) is 12.1 Å². The van der Waals surface area contributed by atoms with Crippen LogP contribution in [-0.4, -0.2) is 30.3 Å². The number of nitrogens with one attached hydrogen (secondary N) is 1. The van der Waals surface area contributed by atoms with E-state index in [2.05, 4.69) is 20.5 Å². The minimum atomic E-state index is -0.292. The van der Waals surface area contributed by atoms with Gasteiger partial charge in [0, 0.05) is 30.3 Å². The molecule has 140 valence electrons. The van der Waals surface area contributed by atoms with E-state index in [0.29, 0.717) is 17.2 Å². The molecular weight excluding hydrogens is 359 g/mol. The Morgan fingerprint density at radius 1 is 1.11 bits per heavy atom. The van der Waals surface area contributed by atoms with Crippen LogP contribution in [0.5, 0.6) is 0 Å². The fourth-order valence-electron chi connectivity index (χ4n) is 3.16. The number of amides is 1. The molecule has 28 heavy (non-hydrogen) atoms. The van der Waals surface area contributed by atoms with Crippen LogP contribution < -0.4 is 5.32 Å². The minimum Gasteiger partial charge on any atom is -0.309 e. The average molecular weight is 376 g/mol. The highest BCUT2D eigenvalue weighted by atomic mass is 19.1. The van der Waals surface area contributed by atoms with Crippen molar-refractivity contribution in [1.29, 1.82) is 0 Å². The summed E-state index contributed by atoms with van der Waals surface area (Å²) in [7, 11) is 1.83. The molecule has 0 atom stereocenters. The van der Waals surface area contributed by atoms with Crippen LogP contribution >= 0.6 is 0 Å². The zero-order valence-electron chi connectivity index (χ0n) is 15.1. The van der Waals surface area contributed by atoms with Gasteiger partial charge in [0.05, 0.1) is 11.9 Å². The number of rotatable bonds is 4. The number of aromatic nitrogens is 5. The van der Waals surface area contributed by atoms with Crippen molar-refractivity contribution in [2.24, 2.45) is 13.0 Å². The van der Waals surface area contributed by atoms with Crippen molar-refractivity contribution in [2.45, 2.75) is 12.8 Å². The zero-order chi connectivity index (χ0) is 19.3. The second kappa shape index (κ2) is 6.26. The molecule has 0 aliphatic heterocycles. The summed E-state index contributed by atoms with van der Waals surface area (Å²) in [6, 6.07) is 9.92. The average Bonchev–Trinajstić information content (AvgIpc) is 3.35. The molecule has 1 amide bonds. The summed E-state index contributed by atoms with van der Waals surface area (Å²) in [5.74, 6) is 0.322. The second-order valence-electron chi connectivity index (χ2n) is 6.98. The molecule has 7 nitrogen and oxygen atoms in total. The van der Waals surface area contributed by atoms with Gasteiger partial charge in [0.2, 0.25) is 5.91 Å². The number of halogens is 1. The van der Waals surface area contributed by atoms with Gasteiger partial charge in [-0.1, -0.05) is 0 Å². The van der Waals surface area contributed by atoms with Gasteiger partial charge in [0.25, 0.3) is 0 Å². The molecule has 1 aliphatic rings. The number of carbonyl (C=O) groups is 1. The molecule has 1 N–H and O–H groups in total. The number of fused-ring (bicyclic) bond motifs is 1. The molecule has 8 heteroatoms. The summed E-state index contributed by atoms with van der Waals surface area (Å²) in [6.45, 7) is 0. The highest BCUT2D eigenvalue weighted by Gasteiger charge is 2.30. The van der Waals surface area contributed by atoms with Gasteiger partial charge in [0.15, 0.2) is 11.5 Å². The van der Waals surface area contributed by atoms with E-state index in [9.17, 15) is 9.18 Å². The van der Waals surface area contributed by atoms with Crippen molar-refractivity contribution in [2.75, 3.05) is 5.32 Å². The highest BCUT2D eigenvalue weighted by Crippen LogP contribution is 2.31. The van der Waals surface area contributed by atoms with E-state index in [1.54, 1.807) is 27.5 Å². The van der Waals surface area contributed by atoms with E-state index in [1.807, 2.05) is 25.4 Å². The Balaban J connectivity index is 1.52. The van der Waals surface area contributed by atoms with Crippen LogP contribution in [0.3, 0.4) is 0 Å². The zero-order valence-corrected chi connectivity index (χ0v) is 15.1. The number of hydrogen-bond donors (Lipinski definition) is 1. The first-order chi connectivity index (χ1) is 13.6. The van der Waals surface area contributed by atoms with E-state index in [-0.39, 0.29) is 17.6 Å². The molecule has 1 saturated carbocycles. The van der Waals surface area contributed by atoms with Crippen molar-refractivity contribution in [3.63, 3.8) is 0 Å². The predicted molar refractivity (Wildman–Crippen MR) is 102 cm³/mol. The highest BCUT2D eigenvalue weighted by molar-refractivity contribution is 5.93. The number of aryl methyl sites for hydroxylation is 1. The molecule has 3 aromatic heterocycles. The summed E-state index contributed by atoms with van der Waals surface area (Å²) in [5.41, 5.74) is 3.70. The molecule has 0 unspecified atom stereocenters. The van der Waals surface area contributed by atoms with Gasteiger partial charge in [-0.25, -0.2) is 13.9 Å². The maximum atomic E-state index is 13.3. The number of anilines is 1. The molecule has 4 aromatic rings. The lowest BCUT2D eigenvalue weighted by Gasteiger charge is -2.03. The van der Waals surface area contributed by atoms with Crippen molar-refractivity contribution < 1.29 is 9.18 Å². The number of benzene rings is 1. The summed E-state index contributed by atoms with van der Waals surface area (Å²) in [5, 5.41) is 12.0. The van der Waals surface area contributed by atoms with Crippen LogP contribution in [0.2, 0.25) is 0 Å².